The monoisotopic (exact) mass is 348 g/mol. The van der Waals surface area contributed by atoms with Gasteiger partial charge in [0.05, 0.1) is 23.9 Å². The molecule has 4 rings (SSSR count). The van der Waals surface area contributed by atoms with Crippen molar-refractivity contribution in [1.29, 1.82) is 5.26 Å². The number of carbonyl (C=O) groups excluding carboxylic acids is 1. The van der Waals surface area contributed by atoms with Gasteiger partial charge >= 0.3 is 0 Å². The highest BCUT2D eigenvalue weighted by Gasteiger charge is 2.37. The van der Waals surface area contributed by atoms with Crippen molar-refractivity contribution in [3.8, 4) is 6.07 Å². The van der Waals surface area contributed by atoms with Crippen LogP contribution < -0.4 is 9.80 Å². The quantitative estimate of drug-likeness (QED) is 0.832. The van der Waals surface area contributed by atoms with E-state index < -0.39 is 0 Å². The zero-order chi connectivity index (χ0) is 17.9. The van der Waals surface area contributed by atoms with Crippen LogP contribution in [-0.4, -0.2) is 59.5 Å². The van der Waals surface area contributed by atoms with Gasteiger partial charge in [0.1, 0.15) is 5.82 Å². The number of hydrogen-bond donors (Lipinski definition) is 0. The topological polar surface area (TPSA) is 76.4 Å². The normalized spacial score (nSPS) is 21.0. The van der Waals surface area contributed by atoms with Crippen LogP contribution in [0.5, 0.6) is 0 Å². The summed E-state index contributed by atoms with van der Waals surface area (Å²) in [6.07, 6.45) is 6.00. The van der Waals surface area contributed by atoms with Gasteiger partial charge in [-0.15, -0.1) is 0 Å². The lowest BCUT2D eigenvalue weighted by atomic mass is 10.1. The average Bonchev–Trinajstić information content (AvgIpc) is 3.10. The number of nitriles is 1. The van der Waals surface area contributed by atoms with Gasteiger partial charge in [-0.2, -0.15) is 5.26 Å². The molecule has 1 amide bonds. The Morgan fingerprint density at radius 3 is 2.46 bits per heavy atom. The van der Waals surface area contributed by atoms with Gasteiger partial charge in [-0.05, 0) is 30.7 Å². The molecule has 7 heteroatoms. The Morgan fingerprint density at radius 1 is 1.04 bits per heavy atom. The van der Waals surface area contributed by atoms with Crippen LogP contribution in [0.1, 0.15) is 12.0 Å². The number of hydrogen-bond acceptors (Lipinski definition) is 6. The summed E-state index contributed by atoms with van der Waals surface area (Å²) in [5, 5.41) is 8.91. The van der Waals surface area contributed by atoms with Crippen LogP contribution in [0, 0.1) is 11.3 Å². The van der Waals surface area contributed by atoms with Gasteiger partial charge in [-0.25, -0.2) is 4.98 Å². The number of benzene rings is 1. The van der Waals surface area contributed by atoms with Crippen LogP contribution in [0.25, 0.3) is 0 Å². The summed E-state index contributed by atoms with van der Waals surface area (Å²) in [5.41, 5.74) is 1.48. The lowest BCUT2D eigenvalue weighted by molar-refractivity contribution is -0.121. The molecule has 2 saturated heterocycles. The summed E-state index contributed by atoms with van der Waals surface area (Å²) in [5.74, 6) is 1.05. The van der Waals surface area contributed by atoms with E-state index in [0.29, 0.717) is 5.56 Å². The van der Waals surface area contributed by atoms with Crippen molar-refractivity contribution in [3.63, 3.8) is 0 Å². The van der Waals surface area contributed by atoms with E-state index in [9.17, 15) is 4.79 Å². The first kappa shape index (κ1) is 16.5. The number of nitrogens with zero attached hydrogens (tertiary/aromatic N) is 6. The highest BCUT2D eigenvalue weighted by Crippen LogP contribution is 2.26. The van der Waals surface area contributed by atoms with Crippen LogP contribution in [0.4, 0.5) is 11.5 Å². The minimum atomic E-state index is -0.0605. The Kier molecular flexibility index (Phi) is 4.50. The van der Waals surface area contributed by atoms with Crippen LogP contribution >= 0.6 is 0 Å². The molecular formula is C19H20N6O. The van der Waals surface area contributed by atoms with Crippen molar-refractivity contribution in [2.24, 2.45) is 0 Å². The maximum atomic E-state index is 12.9. The minimum Gasteiger partial charge on any atom is -0.353 e. The Morgan fingerprint density at radius 2 is 1.81 bits per heavy atom. The summed E-state index contributed by atoms with van der Waals surface area (Å²) < 4.78 is 0. The van der Waals surface area contributed by atoms with Crippen LogP contribution in [0.15, 0.2) is 42.9 Å². The molecule has 1 aromatic heterocycles. The van der Waals surface area contributed by atoms with E-state index in [-0.39, 0.29) is 11.9 Å². The van der Waals surface area contributed by atoms with Gasteiger partial charge in [0.2, 0.25) is 5.91 Å². The van der Waals surface area contributed by atoms with Crippen molar-refractivity contribution in [2.75, 3.05) is 42.5 Å². The predicted octanol–water partition coefficient (Wildman–Crippen LogP) is 1.28. The fourth-order valence-electron chi connectivity index (χ4n) is 3.69. The number of amides is 1. The fourth-order valence-corrected chi connectivity index (χ4v) is 3.69. The van der Waals surface area contributed by atoms with Gasteiger partial charge in [0.15, 0.2) is 0 Å². The molecule has 2 aromatic rings. The van der Waals surface area contributed by atoms with Crippen LogP contribution in [0.3, 0.4) is 0 Å². The van der Waals surface area contributed by atoms with Crippen LogP contribution in [-0.2, 0) is 4.79 Å². The minimum absolute atomic E-state index is 0.0605. The van der Waals surface area contributed by atoms with Crippen molar-refractivity contribution in [1.82, 2.24) is 14.9 Å². The van der Waals surface area contributed by atoms with Crippen molar-refractivity contribution in [2.45, 2.75) is 12.5 Å². The number of rotatable bonds is 3. The molecule has 132 valence electrons. The second-order valence-electron chi connectivity index (χ2n) is 6.54. The third-order valence-electron chi connectivity index (χ3n) is 5.11. The van der Waals surface area contributed by atoms with E-state index in [2.05, 4.69) is 25.8 Å². The van der Waals surface area contributed by atoms with E-state index in [0.717, 1.165) is 50.6 Å². The Balaban J connectivity index is 1.39. The van der Waals surface area contributed by atoms with Gasteiger partial charge in [0.25, 0.3) is 0 Å². The molecule has 2 aliphatic heterocycles. The molecule has 0 unspecified atom stereocenters. The maximum absolute atomic E-state index is 12.9. The highest BCUT2D eigenvalue weighted by atomic mass is 16.2. The van der Waals surface area contributed by atoms with Crippen LogP contribution in [0.2, 0.25) is 0 Å². The van der Waals surface area contributed by atoms with E-state index in [1.807, 2.05) is 17.0 Å². The lowest BCUT2D eigenvalue weighted by Gasteiger charge is -2.37. The van der Waals surface area contributed by atoms with Gasteiger partial charge < -0.3 is 9.80 Å². The molecule has 26 heavy (non-hydrogen) atoms. The number of aromatic nitrogens is 2. The lowest BCUT2D eigenvalue weighted by Crippen LogP contribution is -2.52. The summed E-state index contributed by atoms with van der Waals surface area (Å²) in [6, 6.07) is 9.27. The van der Waals surface area contributed by atoms with E-state index in [1.165, 1.54) is 0 Å². The molecule has 0 N–H and O–H groups in total. The van der Waals surface area contributed by atoms with Crippen molar-refractivity contribution in [3.05, 3.63) is 48.4 Å². The highest BCUT2D eigenvalue weighted by molar-refractivity contribution is 5.99. The van der Waals surface area contributed by atoms with Crippen molar-refractivity contribution >= 4 is 17.4 Å². The molecule has 0 bridgehead atoms. The standard InChI is InChI=1S/C19H20N6O/c20-13-15-1-3-16(4-2-15)25-8-5-17(19(25)26)23-9-11-24(12-10-23)18-14-21-6-7-22-18/h1-4,6-7,14,17H,5,8-12H2/t17-/m0/s1. The molecule has 0 aliphatic carbocycles. The Bertz CT molecular complexity index is 808. The number of piperazine rings is 1. The summed E-state index contributed by atoms with van der Waals surface area (Å²) in [6.45, 7) is 4.10. The molecule has 3 heterocycles. The molecular weight excluding hydrogens is 328 g/mol. The first-order chi connectivity index (χ1) is 12.8. The van der Waals surface area contributed by atoms with E-state index >= 15 is 0 Å². The second-order valence-corrected chi connectivity index (χ2v) is 6.54. The second kappa shape index (κ2) is 7.10. The third-order valence-corrected chi connectivity index (χ3v) is 5.11. The molecule has 0 radical (unpaired) electrons. The molecule has 0 spiro atoms. The summed E-state index contributed by atoms with van der Waals surface area (Å²) in [7, 11) is 0. The average molecular weight is 348 g/mol. The fraction of sp³-hybridized carbons (Fsp3) is 0.368. The molecule has 1 aromatic carbocycles. The van der Waals surface area contributed by atoms with Crippen molar-refractivity contribution < 1.29 is 4.79 Å². The zero-order valence-corrected chi connectivity index (χ0v) is 14.5. The predicted molar refractivity (Wildman–Crippen MR) is 97.7 cm³/mol. The number of carbonyl (C=O) groups is 1. The molecule has 7 nitrogen and oxygen atoms in total. The molecule has 2 fully saturated rings. The Hall–Kier alpha value is -2.98. The molecule has 1 atom stereocenters. The first-order valence-corrected chi connectivity index (χ1v) is 8.83. The number of anilines is 2. The van der Waals surface area contributed by atoms with Gasteiger partial charge in [-0.3, -0.25) is 14.7 Å². The SMILES string of the molecule is N#Cc1ccc(N2CC[C@H](N3CCN(c4cnccn4)CC3)C2=O)cc1. The van der Waals surface area contributed by atoms with Gasteiger partial charge in [-0.1, -0.05) is 0 Å². The van der Waals surface area contributed by atoms with Gasteiger partial charge in [0, 0.05) is 50.8 Å². The summed E-state index contributed by atoms with van der Waals surface area (Å²) in [4.78, 5) is 27.7. The first-order valence-electron chi connectivity index (χ1n) is 8.83. The maximum Gasteiger partial charge on any atom is 0.244 e. The smallest absolute Gasteiger partial charge is 0.244 e. The molecule has 0 saturated carbocycles. The summed E-state index contributed by atoms with van der Waals surface area (Å²) >= 11 is 0. The zero-order valence-electron chi connectivity index (χ0n) is 14.5. The molecule has 2 aliphatic rings. The Labute approximate surface area is 152 Å². The third kappa shape index (κ3) is 3.11. The van der Waals surface area contributed by atoms with E-state index in [1.54, 1.807) is 30.7 Å². The largest absolute Gasteiger partial charge is 0.353 e. The van der Waals surface area contributed by atoms with E-state index in [4.69, 9.17) is 5.26 Å².